The van der Waals surface area contributed by atoms with Gasteiger partial charge in [-0.15, -0.1) is 11.6 Å². The number of hydrogen-bond acceptors (Lipinski definition) is 3. The van der Waals surface area contributed by atoms with E-state index in [1.165, 1.54) is 0 Å². The number of rotatable bonds is 1. The number of fused-ring (bicyclic) bond motifs is 1. The summed E-state index contributed by atoms with van der Waals surface area (Å²) in [5, 5.41) is 21.9. The van der Waals surface area contributed by atoms with Crippen LogP contribution in [0.5, 0.6) is 11.5 Å². The number of halogens is 1. The van der Waals surface area contributed by atoms with Crippen molar-refractivity contribution in [2.45, 2.75) is 12.5 Å². The fraction of sp³-hybridized carbons (Fsp3) is 0.400. The Morgan fingerprint density at radius 1 is 1.36 bits per heavy atom. The fourth-order valence-corrected chi connectivity index (χ4v) is 2.08. The van der Waals surface area contributed by atoms with Crippen LogP contribution >= 0.6 is 11.6 Å². The third-order valence-electron chi connectivity index (χ3n) is 2.55. The summed E-state index contributed by atoms with van der Waals surface area (Å²) >= 11 is 5.79. The topological polar surface area (TPSA) is 52.5 Å². The third-order valence-corrected chi connectivity index (χ3v) is 2.86. The van der Waals surface area contributed by atoms with Crippen LogP contribution in [-0.4, -0.2) is 22.6 Å². The van der Waals surface area contributed by atoms with Crippen LogP contribution in [0.25, 0.3) is 0 Å². The molecule has 1 aliphatic heterocycles. The highest BCUT2D eigenvalue weighted by atomic mass is 35.5. The second-order valence-electron chi connectivity index (χ2n) is 3.45. The highest BCUT2D eigenvalue weighted by molar-refractivity contribution is 6.18. The van der Waals surface area contributed by atoms with E-state index in [2.05, 4.69) is 5.32 Å². The Morgan fingerprint density at radius 3 is 2.79 bits per heavy atom. The van der Waals surface area contributed by atoms with Gasteiger partial charge in [0.1, 0.15) is 0 Å². The zero-order chi connectivity index (χ0) is 10.1. The van der Waals surface area contributed by atoms with Crippen molar-refractivity contribution in [3.8, 4) is 11.5 Å². The van der Waals surface area contributed by atoms with Gasteiger partial charge in [0, 0.05) is 11.9 Å². The SMILES string of the molecule is Oc1cc2c(cc1O)C(CCl)NCC2. The molecule has 0 amide bonds. The summed E-state index contributed by atoms with van der Waals surface area (Å²) in [6.45, 7) is 0.856. The highest BCUT2D eigenvalue weighted by Crippen LogP contribution is 2.33. The molecule has 0 bridgehead atoms. The maximum Gasteiger partial charge on any atom is 0.157 e. The molecule has 0 aromatic heterocycles. The molecule has 1 heterocycles. The van der Waals surface area contributed by atoms with Crippen molar-refractivity contribution in [1.82, 2.24) is 5.32 Å². The molecule has 0 aliphatic carbocycles. The van der Waals surface area contributed by atoms with Gasteiger partial charge >= 0.3 is 0 Å². The van der Waals surface area contributed by atoms with Crippen LogP contribution in [0.4, 0.5) is 0 Å². The van der Waals surface area contributed by atoms with E-state index in [1.807, 2.05) is 0 Å². The van der Waals surface area contributed by atoms with E-state index in [4.69, 9.17) is 11.6 Å². The number of aromatic hydroxyl groups is 2. The summed E-state index contributed by atoms with van der Waals surface area (Å²) in [6, 6.07) is 3.28. The number of benzene rings is 1. The molecule has 0 spiro atoms. The first-order valence-corrected chi connectivity index (χ1v) is 5.10. The molecule has 1 aromatic carbocycles. The minimum absolute atomic E-state index is 0.0565. The Hall–Kier alpha value is -0.930. The minimum Gasteiger partial charge on any atom is -0.504 e. The Bertz CT molecular complexity index is 354. The summed E-state index contributed by atoms with van der Waals surface area (Å²) in [6.07, 6.45) is 0.858. The van der Waals surface area contributed by atoms with Gasteiger partial charge in [-0.3, -0.25) is 0 Å². The van der Waals surface area contributed by atoms with Crippen molar-refractivity contribution in [1.29, 1.82) is 0 Å². The number of phenols is 2. The lowest BCUT2D eigenvalue weighted by molar-refractivity contribution is 0.399. The second kappa shape index (κ2) is 3.67. The predicted molar refractivity (Wildman–Crippen MR) is 54.9 cm³/mol. The molecular weight excluding hydrogens is 202 g/mol. The zero-order valence-electron chi connectivity index (χ0n) is 7.63. The van der Waals surface area contributed by atoms with Gasteiger partial charge in [0.05, 0.1) is 0 Å². The first kappa shape index (κ1) is 9.62. The minimum atomic E-state index is -0.0810. The maximum absolute atomic E-state index is 9.37. The molecule has 4 heteroatoms. The van der Waals surface area contributed by atoms with Gasteiger partial charge < -0.3 is 15.5 Å². The smallest absolute Gasteiger partial charge is 0.157 e. The molecule has 1 aliphatic rings. The first-order chi connectivity index (χ1) is 6.72. The molecule has 1 aromatic rings. The average molecular weight is 214 g/mol. The van der Waals surface area contributed by atoms with E-state index >= 15 is 0 Å². The summed E-state index contributed by atoms with van der Waals surface area (Å²) in [4.78, 5) is 0. The molecule has 0 saturated heterocycles. The van der Waals surface area contributed by atoms with Crippen molar-refractivity contribution in [2.24, 2.45) is 0 Å². The monoisotopic (exact) mass is 213 g/mol. The van der Waals surface area contributed by atoms with E-state index in [0.717, 1.165) is 24.1 Å². The van der Waals surface area contributed by atoms with E-state index in [-0.39, 0.29) is 17.5 Å². The molecule has 0 saturated carbocycles. The Labute approximate surface area is 87.3 Å². The van der Waals surface area contributed by atoms with Gasteiger partial charge in [-0.25, -0.2) is 0 Å². The summed E-state index contributed by atoms with van der Waals surface area (Å²) in [5.74, 6) is 0.332. The Morgan fingerprint density at radius 2 is 2.07 bits per heavy atom. The lowest BCUT2D eigenvalue weighted by Gasteiger charge is -2.25. The summed E-state index contributed by atoms with van der Waals surface area (Å²) in [7, 11) is 0. The molecule has 3 nitrogen and oxygen atoms in total. The number of alkyl halides is 1. The second-order valence-corrected chi connectivity index (χ2v) is 3.76. The van der Waals surface area contributed by atoms with Crippen LogP contribution in [0.15, 0.2) is 12.1 Å². The van der Waals surface area contributed by atoms with Crippen LogP contribution in [0.1, 0.15) is 17.2 Å². The van der Waals surface area contributed by atoms with Crippen LogP contribution < -0.4 is 5.32 Å². The van der Waals surface area contributed by atoms with Crippen molar-refractivity contribution >= 4 is 11.6 Å². The molecular formula is C10H12ClNO2. The Balaban J connectivity index is 2.47. The lowest BCUT2D eigenvalue weighted by atomic mass is 9.94. The van der Waals surface area contributed by atoms with Crippen molar-refractivity contribution in [3.05, 3.63) is 23.3 Å². The maximum atomic E-state index is 9.37. The standard InChI is InChI=1S/C10H12ClNO2/c11-5-8-7-4-10(14)9(13)3-6(7)1-2-12-8/h3-4,8,12-14H,1-2,5H2. The van der Waals surface area contributed by atoms with Gasteiger partial charge in [0.25, 0.3) is 0 Å². The number of nitrogens with one attached hydrogen (secondary N) is 1. The molecule has 0 radical (unpaired) electrons. The van der Waals surface area contributed by atoms with Crippen LogP contribution in [0.3, 0.4) is 0 Å². The van der Waals surface area contributed by atoms with E-state index < -0.39 is 0 Å². The molecule has 14 heavy (non-hydrogen) atoms. The normalized spacial score (nSPS) is 20.5. The molecule has 2 rings (SSSR count). The molecule has 0 fully saturated rings. The van der Waals surface area contributed by atoms with E-state index in [1.54, 1.807) is 12.1 Å². The molecule has 1 atom stereocenters. The number of hydrogen-bond donors (Lipinski definition) is 3. The van der Waals surface area contributed by atoms with Crippen LogP contribution in [-0.2, 0) is 6.42 Å². The van der Waals surface area contributed by atoms with Gasteiger partial charge in [-0.2, -0.15) is 0 Å². The number of phenolic OH excluding ortho intramolecular Hbond substituents is 2. The van der Waals surface area contributed by atoms with Crippen molar-refractivity contribution in [3.63, 3.8) is 0 Å². The summed E-state index contributed by atoms with van der Waals surface area (Å²) in [5.41, 5.74) is 2.05. The van der Waals surface area contributed by atoms with E-state index in [9.17, 15) is 10.2 Å². The molecule has 1 unspecified atom stereocenters. The average Bonchev–Trinajstić information content (AvgIpc) is 2.19. The first-order valence-electron chi connectivity index (χ1n) is 4.56. The zero-order valence-corrected chi connectivity index (χ0v) is 8.38. The van der Waals surface area contributed by atoms with Crippen LogP contribution in [0, 0.1) is 0 Å². The highest BCUT2D eigenvalue weighted by Gasteiger charge is 2.20. The van der Waals surface area contributed by atoms with Crippen molar-refractivity contribution in [2.75, 3.05) is 12.4 Å². The Kier molecular flexibility index (Phi) is 2.52. The quantitative estimate of drug-likeness (QED) is 0.490. The largest absolute Gasteiger partial charge is 0.504 e. The van der Waals surface area contributed by atoms with Crippen LogP contribution in [0.2, 0.25) is 0 Å². The van der Waals surface area contributed by atoms with Gasteiger partial charge in [-0.1, -0.05) is 0 Å². The third kappa shape index (κ3) is 1.53. The lowest BCUT2D eigenvalue weighted by Crippen LogP contribution is -2.30. The molecule has 3 N–H and O–H groups in total. The summed E-state index contributed by atoms with van der Waals surface area (Å²) < 4.78 is 0. The van der Waals surface area contributed by atoms with Crippen molar-refractivity contribution < 1.29 is 10.2 Å². The van der Waals surface area contributed by atoms with Gasteiger partial charge in [0.15, 0.2) is 11.5 Å². The fourth-order valence-electron chi connectivity index (χ4n) is 1.81. The van der Waals surface area contributed by atoms with Gasteiger partial charge in [-0.05, 0) is 36.2 Å². The predicted octanol–water partition coefficient (Wildman–Crippen LogP) is 1.52. The molecule has 76 valence electrons. The van der Waals surface area contributed by atoms with Gasteiger partial charge in [0.2, 0.25) is 0 Å². The van der Waals surface area contributed by atoms with E-state index in [0.29, 0.717) is 5.88 Å².